The standard InChI is InChI=1S/C9H7N4/c1-2-4-8(5-3-1)11-9-6-7-10-13-12-9/h1-4,6-7H,(H,10,11,12). The van der Waals surface area contributed by atoms with Crippen LogP contribution in [0.25, 0.3) is 0 Å². The number of aromatic nitrogens is 3. The molecule has 0 saturated carbocycles. The molecule has 0 aliphatic carbocycles. The summed E-state index contributed by atoms with van der Waals surface area (Å²) in [6.45, 7) is 0. The normalized spacial score (nSPS) is 9.54. The number of nitrogens with zero attached hydrogens (tertiary/aromatic N) is 3. The quantitative estimate of drug-likeness (QED) is 0.742. The van der Waals surface area contributed by atoms with Crippen LogP contribution in [0.4, 0.5) is 11.5 Å². The van der Waals surface area contributed by atoms with Crippen molar-refractivity contribution in [3.05, 3.63) is 42.6 Å². The molecule has 0 amide bonds. The molecule has 13 heavy (non-hydrogen) atoms. The van der Waals surface area contributed by atoms with Gasteiger partial charge in [0.2, 0.25) is 0 Å². The SMILES string of the molecule is [c]1ccccc1Nc1ccnnn1. The molecule has 0 aliphatic rings. The van der Waals surface area contributed by atoms with E-state index in [9.17, 15) is 0 Å². The van der Waals surface area contributed by atoms with Gasteiger partial charge in [0.05, 0.1) is 6.20 Å². The first-order chi connectivity index (χ1) is 6.45. The van der Waals surface area contributed by atoms with Gasteiger partial charge in [-0.1, -0.05) is 18.2 Å². The molecule has 2 aromatic rings. The summed E-state index contributed by atoms with van der Waals surface area (Å²) in [5, 5.41) is 13.9. The Labute approximate surface area is 75.6 Å². The highest BCUT2D eigenvalue weighted by Crippen LogP contribution is 2.10. The number of hydrogen-bond acceptors (Lipinski definition) is 4. The van der Waals surface area contributed by atoms with Crippen LogP contribution in [0.1, 0.15) is 0 Å². The Kier molecular flexibility index (Phi) is 2.14. The summed E-state index contributed by atoms with van der Waals surface area (Å²) in [7, 11) is 0. The van der Waals surface area contributed by atoms with E-state index in [4.69, 9.17) is 0 Å². The third kappa shape index (κ3) is 1.99. The number of anilines is 2. The van der Waals surface area contributed by atoms with Gasteiger partial charge in [-0.2, -0.15) is 0 Å². The maximum atomic E-state index is 3.78. The van der Waals surface area contributed by atoms with Gasteiger partial charge in [-0.3, -0.25) is 0 Å². The van der Waals surface area contributed by atoms with E-state index in [2.05, 4.69) is 26.8 Å². The lowest BCUT2D eigenvalue weighted by molar-refractivity contribution is 0.871. The van der Waals surface area contributed by atoms with Gasteiger partial charge in [0.15, 0.2) is 5.82 Å². The monoisotopic (exact) mass is 171 g/mol. The van der Waals surface area contributed by atoms with Crippen LogP contribution >= 0.6 is 0 Å². The van der Waals surface area contributed by atoms with Crippen LogP contribution in [0.15, 0.2) is 36.5 Å². The second kappa shape index (κ2) is 3.62. The minimum absolute atomic E-state index is 0.664. The van der Waals surface area contributed by atoms with E-state index >= 15 is 0 Å². The largest absolute Gasteiger partial charge is 0.338 e. The van der Waals surface area contributed by atoms with Gasteiger partial charge in [-0.15, -0.1) is 10.2 Å². The molecule has 0 bridgehead atoms. The van der Waals surface area contributed by atoms with Gasteiger partial charge in [0, 0.05) is 17.8 Å². The van der Waals surface area contributed by atoms with E-state index in [1.54, 1.807) is 12.3 Å². The van der Waals surface area contributed by atoms with Crippen molar-refractivity contribution < 1.29 is 0 Å². The third-order valence-electron chi connectivity index (χ3n) is 1.47. The molecule has 0 aliphatic heterocycles. The second-order valence-electron chi connectivity index (χ2n) is 2.41. The van der Waals surface area contributed by atoms with E-state index < -0.39 is 0 Å². The smallest absolute Gasteiger partial charge is 0.156 e. The van der Waals surface area contributed by atoms with Crippen molar-refractivity contribution in [3.8, 4) is 0 Å². The Morgan fingerprint density at radius 3 is 2.92 bits per heavy atom. The van der Waals surface area contributed by atoms with Gasteiger partial charge >= 0.3 is 0 Å². The van der Waals surface area contributed by atoms with Crippen LogP contribution in [0, 0.1) is 6.07 Å². The predicted octanol–water partition coefficient (Wildman–Crippen LogP) is 1.42. The number of para-hydroxylation sites is 1. The molecular formula is C9H7N4. The average molecular weight is 171 g/mol. The minimum atomic E-state index is 0.664. The maximum Gasteiger partial charge on any atom is 0.156 e. The number of benzene rings is 1. The number of rotatable bonds is 2. The van der Waals surface area contributed by atoms with Crippen molar-refractivity contribution in [2.45, 2.75) is 0 Å². The lowest BCUT2D eigenvalue weighted by Crippen LogP contribution is -1.95. The maximum absolute atomic E-state index is 3.78. The fourth-order valence-corrected chi connectivity index (χ4v) is 0.917. The second-order valence-corrected chi connectivity index (χ2v) is 2.41. The van der Waals surface area contributed by atoms with Crippen LogP contribution < -0.4 is 5.32 Å². The fraction of sp³-hybridized carbons (Fsp3) is 0. The molecule has 0 fully saturated rings. The topological polar surface area (TPSA) is 50.7 Å². The molecule has 0 spiro atoms. The summed E-state index contributed by atoms with van der Waals surface area (Å²) in [4.78, 5) is 0. The molecule has 0 saturated heterocycles. The van der Waals surface area contributed by atoms with Gasteiger partial charge < -0.3 is 5.32 Å². The third-order valence-corrected chi connectivity index (χ3v) is 1.47. The molecule has 1 N–H and O–H groups in total. The Balaban J connectivity index is 2.16. The molecule has 1 aromatic heterocycles. The Morgan fingerprint density at radius 2 is 2.23 bits per heavy atom. The highest BCUT2D eigenvalue weighted by atomic mass is 15.3. The van der Waals surface area contributed by atoms with Crippen molar-refractivity contribution in [1.82, 2.24) is 15.4 Å². The van der Waals surface area contributed by atoms with E-state index in [0.29, 0.717) is 5.82 Å². The summed E-state index contributed by atoms with van der Waals surface area (Å²) in [6.07, 6.45) is 1.58. The van der Waals surface area contributed by atoms with Crippen molar-refractivity contribution in [3.63, 3.8) is 0 Å². The summed E-state index contributed by atoms with van der Waals surface area (Å²) in [5.74, 6) is 0.664. The average Bonchev–Trinajstić information content (AvgIpc) is 2.21. The van der Waals surface area contributed by atoms with Crippen LogP contribution in [0.5, 0.6) is 0 Å². The van der Waals surface area contributed by atoms with E-state index in [1.165, 1.54) is 0 Å². The van der Waals surface area contributed by atoms with Gasteiger partial charge in [-0.05, 0) is 11.3 Å². The molecule has 0 unspecified atom stereocenters. The molecule has 63 valence electrons. The summed E-state index contributed by atoms with van der Waals surface area (Å²) < 4.78 is 0. The Hall–Kier alpha value is -1.97. The van der Waals surface area contributed by atoms with Crippen LogP contribution in [0.2, 0.25) is 0 Å². The van der Waals surface area contributed by atoms with Gasteiger partial charge in [0.1, 0.15) is 0 Å². The molecule has 1 heterocycles. The molecular weight excluding hydrogens is 164 g/mol. The van der Waals surface area contributed by atoms with Crippen molar-refractivity contribution >= 4 is 11.5 Å². The lowest BCUT2D eigenvalue weighted by Gasteiger charge is -2.01. The zero-order valence-corrected chi connectivity index (χ0v) is 6.81. The molecule has 4 nitrogen and oxygen atoms in total. The molecule has 4 heteroatoms. The molecule has 1 radical (unpaired) electrons. The fourth-order valence-electron chi connectivity index (χ4n) is 0.917. The number of nitrogens with one attached hydrogen (secondary N) is 1. The summed E-state index contributed by atoms with van der Waals surface area (Å²) in [6, 6.07) is 12.3. The zero-order valence-electron chi connectivity index (χ0n) is 6.81. The van der Waals surface area contributed by atoms with Crippen LogP contribution in [0.3, 0.4) is 0 Å². The van der Waals surface area contributed by atoms with Gasteiger partial charge in [0.25, 0.3) is 0 Å². The summed E-state index contributed by atoms with van der Waals surface area (Å²) >= 11 is 0. The first kappa shape index (κ1) is 7.67. The molecule has 1 aromatic carbocycles. The first-order valence-electron chi connectivity index (χ1n) is 3.83. The van der Waals surface area contributed by atoms with Crippen LogP contribution in [-0.4, -0.2) is 15.4 Å². The first-order valence-corrected chi connectivity index (χ1v) is 3.83. The highest BCUT2D eigenvalue weighted by Gasteiger charge is 1.93. The van der Waals surface area contributed by atoms with Crippen molar-refractivity contribution in [2.75, 3.05) is 5.32 Å². The predicted molar refractivity (Wildman–Crippen MR) is 48.4 cm³/mol. The highest BCUT2D eigenvalue weighted by molar-refractivity contribution is 5.53. The van der Waals surface area contributed by atoms with E-state index in [0.717, 1.165) is 5.69 Å². The van der Waals surface area contributed by atoms with Crippen LogP contribution in [-0.2, 0) is 0 Å². The van der Waals surface area contributed by atoms with Gasteiger partial charge in [-0.25, -0.2) is 0 Å². The Morgan fingerprint density at radius 1 is 1.23 bits per heavy atom. The minimum Gasteiger partial charge on any atom is -0.338 e. The summed E-state index contributed by atoms with van der Waals surface area (Å²) in [5.41, 5.74) is 0.864. The van der Waals surface area contributed by atoms with E-state index in [1.807, 2.05) is 24.3 Å². The van der Waals surface area contributed by atoms with Crippen molar-refractivity contribution in [2.24, 2.45) is 0 Å². The number of hydrogen-bond donors (Lipinski definition) is 1. The van der Waals surface area contributed by atoms with Crippen molar-refractivity contribution in [1.29, 1.82) is 0 Å². The lowest BCUT2D eigenvalue weighted by atomic mass is 10.3. The molecule has 0 atom stereocenters. The molecule has 2 rings (SSSR count). The van der Waals surface area contributed by atoms with E-state index in [-0.39, 0.29) is 0 Å². The Bertz CT molecular complexity index is 322. The zero-order chi connectivity index (χ0) is 8.93.